The van der Waals surface area contributed by atoms with Gasteiger partial charge >= 0.3 is 0 Å². The number of anilines is 1. The van der Waals surface area contributed by atoms with Crippen LogP contribution in [0.2, 0.25) is 0 Å². The fourth-order valence-electron chi connectivity index (χ4n) is 1.89. The molecule has 0 radical (unpaired) electrons. The lowest BCUT2D eigenvalue weighted by atomic mass is 10.3. The van der Waals surface area contributed by atoms with Crippen molar-refractivity contribution in [3.63, 3.8) is 0 Å². The summed E-state index contributed by atoms with van der Waals surface area (Å²) in [6.07, 6.45) is 1.33. The summed E-state index contributed by atoms with van der Waals surface area (Å²) in [4.78, 5) is 28.7. The monoisotopic (exact) mass is 352 g/mol. The van der Waals surface area contributed by atoms with E-state index in [9.17, 15) is 9.59 Å². The number of halogens is 1. The number of carbonyl (C=O) groups is 1. The Bertz CT molecular complexity index is 795. The normalized spacial score (nSPS) is 13.3. The number of amides is 1. The van der Waals surface area contributed by atoms with Crippen molar-refractivity contribution in [2.45, 2.75) is 6.54 Å². The van der Waals surface area contributed by atoms with Gasteiger partial charge in [-0.05, 0) is 12.1 Å². The van der Waals surface area contributed by atoms with Gasteiger partial charge in [0.25, 0.3) is 5.56 Å². The number of carbonyl (C=O) groups excluding carboxylic acids is 1. The van der Waals surface area contributed by atoms with Gasteiger partial charge < -0.3 is 22.3 Å². The van der Waals surface area contributed by atoms with Crippen LogP contribution in [0, 0.1) is 0 Å². The third-order valence-electron chi connectivity index (χ3n) is 2.76. The Morgan fingerprint density at radius 2 is 2.10 bits per heavy atom. The molecule has 20 heavy (non-hydrogen) atoms. The van der Waals surface area contributed by atoms with E-state index in [0.29, 0.717) is 28.1 Å². The van der Waals surface area contributed by atoms with E-state index < -0.39 is 0 Å². The summed E-state index contributed by atoms with van der Waals surface area (Å²) in [5.74, 6) is -0.302. The predicted octanol–water partition coefficient (Wildman–Crippen LogP) is -3.03. The Morgan fingerprint density at radius 1 is 1.35 bits per heavy atom. The molecule has 1 aromatic heterocycles. The molecule has 0 unspecified atom stereocenters. The molecule has 2 heterocycles. The highest BCUT2D eigenvalue weighted by molar-refractivity contribution is 7.07. The molecule has 0 aliphatic carbocycles. The van der Waals surface area contributed by atoms with E-state index >= 15 is 0 Å². The highest BCUT2D eigenvalue weighted by Gasteiger charge is 2.10. The van der Waals surface area contributed by atoms with E-state index in [-0.39, 0.29) is 28.4 Å². The lowest BCUT2D eigenvalue weighted by molar-refractivity contribution is -0.110. The van der Waals surface area contributed by atoms with Gasteiger partial charge in [-0.3, -0.25) is 19.1 Å². The number of nitrogens with zero attached hydrogens (tertiary/aromatic N) is 2. The van der Waals surface area contributed by atoms with Crippen molar-refractivity contribution >= 4 is 29.0 Å². The van der Waals surface area contributed by atoms with Gasteiger partial charge in [-0.15, -0.1) is 0 Å². The van der Waals surface area contributed by atoms with Crippen LogP contribution in [0.25, 0.3) is 6.08 Å². The average Bonchev–Trinajstić information content (AvgIpc) is 2.96. The summed E-state index contributed by atoms with van der Waals surface area (Å²) in [7, 11) is 0. The van der Waals surface area contributed by atoms with E-state index in [4.69, 9.17) is 0 Å². The summed E-state index contributed by atoms with van der Waals surface area (Å²) < 4.78 is 2.03. The van der Waals surface area contributed by atoms with E-state index in [2.05, 4.69) is 10.3 Å². The maximum atomic E-state index is 12.0. The van der Waals surface area contributed by atoms with Crippen LogP contribution < -0.4 is 37.2 Å². The molecule has 1 aliphatic rings. The molecule has 1 N–H and O–H groups in total. The minimum Gasteiger partial charge on any atom is -1.00 e. The Morgan fingerprint density at radius 3 is 2.80 bits per heavy atom. The van der Waals surface area contributed by atoms with Crippen molar-refractivity contribution < 1.29 is 21.8 Å². The van der Waals surface area contributed by atoms with Crippen LogP contribution in [0.5, 0.6) is 0 Å². The van der Waals surface area contributed by atoms with E-state index in [0.717, 1.165) is 0 Å². The van der Waals surface area contributed by atoms with Crippen LogP contribution >= 0.6 is 11.3 Å². The topological polar surface area (TPSA) is 63.5 Å². The van der Waals surface area contributed by atoms with Gasteiger partial charge in [-0.2, -0.15) is 0 Å². The molecule has 5 nitrogen and oxygen atoms in total. The van der Waals surface area contributed by atoms with Crippen LogP contribution in [0.15, 0.2) is 40.1 Å². The molecule has 1 aliphatic heterocycles. The number of nitrogens with one attached hydrogen (secondary N) is 1. The van der Waals surface area contributed by atoms with Crippen LogP contribution in [0.3, 0.4) is 0 Å². The lowest BCUT2D eigenvalue weighted by Gasteiger charge is -1.99. The zero-order valence-electron chi connectivity index (χ0n) is 10.4. The van der Waals surface area contributed by atoms with Gasteiger partial charge in [-0.1, -0.05) is 29.5 Å². The van der Waals surface area contributed by atoms with Gasteiger partial charge in [0.15, 0.2) is 4.80 Å². The summed E-state index contributed by atoms with van der Waals surface area (Å²) >= 11 is 1.25. The molecule has 0 bridgehead atoms. The van der Waals surface area contributed by atoms with Gasteiger partial charge in [0.05, 0.1) is 6.54 Å². The van der Waals surface area contributed by atoms with Crippen molar-refractivity contribution in [1.82, 2.24) is 4.57 Å². The maximum absolute atomic E-state index is 12.0. The lowest BCUT2D eigenvalue weighted by Crippen LogP contribution is -3.00. The minimum absolute atomic E-state index is 0. The van der Waals surface area contributed by atoms with Gasteiger partial charge in [-0.25, -0.2) is 0 Å². The van der Waals surface area contributed by atoms with E-state index in [1.54, 1.807) is 16.7 Å². The van der Waals surface area contributed by atoms with Crippen LogP contribution in [-0.4, -0.2) is 17.0 Å². The fourth-order valence-corrected chi connectivity index (χ4v) is 2.89. The zero-order valence-corrected chi connectivity index (χ0v) is 12.8. The van der Waals surface area contributed by atoms with Gasteiger partial charge in [0.2, 0.25) is 5.91 Å². The number of para-hydroxylation sites is 1. The van der Waals surface area contributed by atoms with Gasteiger partial charge in [0.1, 0.15) is 4.53 Å². The molecule has 7 heteroatoms. The average molecular weight is 353 g/mol. The van der Waals surface area contributed by atoms with Crippen molar-refractivity contribution in [3.8, 4) is 0 Å². The molecule has 0 spiro atoms. The molecule has 0 saturated carbocycles. The highest BCUT2D eigenvalue weighted by Crippen LogP contribution is 2.04. The number of benzene rings is 1. The quantitative estimate of drug-likeness (QED) is 0.624. The maximum Gasteiger partial charge on any atom is 0.270 e. The third kappa shape index (κ3) is 2.88. The molecule has 0 fully saturated rings. The molecular weight excluding hydrogens is 342 g/mol. The number of rotatable bonds is 2. The molecule has 1 aromatic carbocycles. The standard InChI is InChI=1S/C13H11N3O2S.BrH/c17-11(15-9-4-2-1-3-5-9)8-10-12(18)16-7-6-14-13(16)19-10;/h1-5,8H,6-7H2,(H,15,17);1H/p-1/b10-8-;. The molecule has 0 atom stereocenters. The second-order valence-electron chi connectivity index (χ2n) is 4.09. The Labute approximate surface area is 129 Å². The van der Waals surface area contributed by atoms with E-state index in [1.165, 1.54) is 17.4 Å². The molecule has 2 aromatic rings. The first-order chi connectivity index (χ1) is 9.24. The van der Waals surface area contributed by atoms with Crippen LogP contribution in [0.4, 0.5) is 5.69 Å². The highest BCUT2D eigenvalue weighted by atomic mass is 79.9. The smallest absolute Gasteiger partial charge is 0.270 e. The minimum atomic E-state index is -0.302. The number of fused-ring (bicyclic) bond motifs is 1. The van der Waals surface area contributed by atoms with Crippen molar-refractivity contribution in [2.24, 2.45) is 4.99 Å². The predicted molar refractivity (Wildman–Crippen MR) is 73.8 cm³/mol. The molecule has 1 amide bonds. The molecule has 3 rings (SSSR count). The Kier molecular flexibility index (Phi) is 4.51. The van der Waals surface area contributed by atoms with E-state index in [1.807, 2.05) is 18.2 Å². The summed E-state index contributed by atoms with van der Waals surface area (Å²) in [5.41, 5.74) is 0.571. The van der Waals surface area contributed by atoms with Crippen LogP contribution in [-0.2, 0) is 11.3 Å². The Hall–Kier alpha value is -1.73. The first-order valence-corrected chi connectivity index (χ1v) is 6.67. The molecular formula is C13H11BrN3O2S-. The summed E-state index contributed by atoms with van der Waals surface area (Å²) in [6.45, 7) is 1.26. The van der Waals surface area contributed by atoms with Crippen molar-refractivity contribution in [3.05, 3.63) is 50.0 Å². The molecule has 104 valence electrons. The number of thiazole rings is 1. The summed E-state index contributed by atoms with van der Waals surface area (Å²) in [6, 6.07) is 9.13. The Balaban J connectivity index is 0.00000147. The van der Waals surface area contributed by atoms with Crippen molar-refractivity contribution in [2.75, 3.05) is 11.9 Å². The zero-order chi connectivity index (χ0) is 13.2. The third-order valence-corrected chi connectivity index (χ3v) is 3.81. The fraction of sp³-hybridized carbons (Fsp3) is 0.154. The SMILES string of the molecule is O=C(/C=c1\sc2n(c1=O)CCN=2)Nc1ccccc1.[Br-]. The number of aromatic nitrogens is 1. The number of hydrogen-bond acceptors (Lipinski definition) is 4. The first-order valence-electron chi connectivity index (χ1n) is 5.86. The second kappa shape index (κ2) is 6.15. The second-order valence-corrected chi connectivity index (χ2v) is 5.10. The van der Waals surface area contributed by atoms with Gasteiger partial charge in [0, 0.05) is 18.3 Å². The largest absolute Gasteiger partial charge is 1.00 e. The number of hydrogen-bond donors (Lipinski definition) is 1. The summed E-state index contributed by atoms with van der Waals surface area (Å²) in [5, 5.41) is 2.72. The molecule has 0 saturated heterocycles. The van der Waals surface area contributed by atoms with Crippen molar-refractivity contribution in [1.29, 1.82) is 0 Å². The first kappa shape index (κ1) is 14.7. The van der Waals surface area contributed by atoms with Crippen LogP contribution in [0.1, 0.15) is 0 Å².